The average Bonchev–Trinajstić information content (AvgIpc) is 3.00. The molecule has 0 aromatic heterocycles. The molecule has 1 aliphatic heterocycles. The normalized spacial score (nSPS) is 14.8. The van der Waals surface area contributed by atoms with Crippen molar-refractivity contribution in [2.24, 2.45) is 4.99 Å². The zero-order chi connectivity index (χ0) is 20.3. The van der Waals surface area contributed by atoms with Crippen LogP contribution in [0.2, 0.25) is 10.0 Å². The van der Waals surface area contributed by atoms with Crippen LogP contribution in [-0.2, 0) is 9.53 Å². The van der Waals surface area contributed by atoms with Crippen molar-refractivity contribution in [2.45, 2.75) is 13.8 Å². The van der Waals surface area contributed by atoms with E-state index in [-0.39, 0.29) is 11.6 Å². The van der Waals surface area contributed by atoms with Gasteiger partial charge in [0, 0.05) is 3.57 Å². The molecule has 0 N–H and O–H groups in total. The van der Waals surface area contributed by atoms with Gasteiger partial charge in [0.05, 0.1) is 28.8 Å². The molecule has 8 heteroatoms. The van der Waals surface area contributed by atoms with Crippen molar-refractivity contribution < 1.29 is 19.0 Å². The Bertz CT molecular complexity index is 988. The largest absolute Gasteiger partial charge is 0.490 e. The van der Waals surface area contributed by atoms with E-state index < -0.39 is 5.97 Å². The highest BCUT2D eigenvalue weighted by Crippen LogP contribution is 2.37. The summed E-state index contributed by atoms with van der Waals surface area (Å²) < 4.78 is 17.4. The Balaban J connectivity index is 2.00. The maximum atomic E-state index is 12.3. The highest BCUT2D eigenvalue weighted by molar-refractivity contribution is 14.1. The van der Waals surface area contributed by atoms with Crippen molar-refractivity contribution in [3.8, 4) is 11.5 Å². The van der Waals surface area contributed by atoms with Gasteiger partial charge in [-0.05, 0) is 78.4 Å². The number of halogens is 3. The molecule has 0 saturated heterocycles. The standard InChI is InChI=1S/C20H16Cl2INO4/c1-3-26-17-9-11(7-15(22)18(17)27-4-2)8-16-20(25)28-19(24-16)13-10-12(23)5-6-14(13)21/h5-10H,3-4H2,1-2H3/b16-8-. The first-order valence-corrected chi connectivity index (χ1v) is 10.3. The molecule has 146 valence electrons. The Morgan fingerprint density at radius 1 is 1.11 bits per heavy atom. The van der Waals surface area contributed by atoms with Gasteiger partial charge >= 0.3 is 5.97 Å². The van der Waals surface area contributed by atoms with E-state index in [1.807, 2.05) is 19.9 Å². The van der Waals surface area contributed by atoms with Crippen LogP contribution in [-0.4, -0.2) is 25.1 Å². The van der Waals surface area contributed by atoms with Crippen LogP contribution in [0.4, 0.5) is 0 Å². The molecule has 0 radical (unpaired) electrons. The monoisotopic (exact) mass is 531 g/mol. The number of carbonyl (C=O) groups is 1. The minimum atomic E-state index is -0.562. The van der Waals surface area contributed by atoms with E-state index >= 15 is 0 Å². The van der Waals surface area contributed by atoms with Crippen molar-refractivity contribution >= 4 is 63.7 Å². The number of benzene rings is 2. The molecule has 0 fully saturated rings. The van der Waals surface area contributed by atoms with Gasteiger partial charge in [0.25, 0.3) is 0 Å². The Morgan fingerprint density at radius 2 is 1.86 bits per heavy atom. The third-order valence-corrected chi connectivity index (χ3v) is 4.98. The summed E-state index contributed by atoms with van der Waals surface area (Å²) in [5.41, 5.74) is 1.35. The van der Waals surface area contributed by atoms with Gasteiger partial charge < -0.3 is 14.2 Å². The molecule has 28 heavy (non-hydrogen) atoms. The van der Waals surface area contributed by atoms with Crippen LogP contribution in [0, 0.1) is 3.57 Å². The maximum Gasteiger partial charge on any atom is 0.363 e. The summed E-state index contributed by atoms with van der Waals surface area (Å²) >= 11 is 14.7. The van der Waals surface area contributed by atoms with E-state index in [1.165, 1.54) is 0 Å². The fourth-order valence-corrected chi connectivity index (χ4v) is 3.53. The molecular formula is C20H16Cl2INO4. The summed E-state index contributed by atoms with van der Waals surface area (Å²) in [6.45, 7) is 4.63. The Morgan fingerprint density at radius 3 is 2.57 bits per heavy atom. The van der Waals surface area contributed by atoms with Crippen LogP contribution >= 0.6 is 45.8 Å². The first kappa shape index (κ1) is 21.0. The molecule has 0 bridgehead atoms. The van der Waals surface area contributed by atoms with Crippen molar-refractivity contribution in [1.82, 2.24) is 0 Å². The van der Waals surface area contributed by atoms with Crippen molar-refractivity contribution in [2.75, 3.05) is 13.2 Å². The van der Waals surface area contributed by atoms with Crippen molar-refractivity contribution in [1.29, 1.82) is 0 Å². The first-order chi connectivity index (χ1) is 13.4. The van der Waals surface area contributed by atoms with Gasteiger partial charge in [-0.3, -0.25) is 0 Å². The number of cyclic esters (lactones) is 1. The number of hydrogen-bond donors (Lipinski definition) is 0. The summed E-state index contributed by atoms with van der Waals surface area (Å²) in [6.07, 6.45) is 1.58. The molecule has 0 aliphatic carbocycles. The molecule has 2 aromatic rings. The van der Waals surface area contributed by atoms with Gasteiger partial charge in [0.15, 0.2) is 17.2 Å². The minimum Gasteiger partial charge on any atom is -0.490 e. The van der Waals surface area contributed by atoms with Gasteiger partial charge in [0.1, 0.15) is 0 Å². The van der Waals surface area contributed by atoms with E-state index in [1.54, 1.807) is 30.3 Å². The molecule has 0 unspecified atom stereocenters. The maximum absolute atomic E-state index is 12.3. The molecule has 5 nitrogen and oxygen atoms in total. The summed E-state index contributed by atoms with van der Waals surface area (Å²) in [4.78, 5) is 16.6. The number of rotatable bonds is 6. The molecule has 1 heterocycles. The number of esters is 1. The second kappa shape index (κ2) is 9.15. The van der Waals surface area contributed by atoms with Gasteiger partial charge in [-0.15, -0.1) is 0 Å². The van der Waals surface area contributed by atoms with Gasteiger partial charge in [0.2, 0.25) is 5.90 Å². The molecule has 2 aromatic carbocycles. The lowest BCUT2D eigenvalue weighted by molar-refractivity contribution is -0.129. The van der Waals surface area contributed by atoms with E-state index in [2.05, 4.69) is 27.6 Å². The molecular weight excluding hydrogens is 516 g/mol. The third-order valence-electron chi connectivity index (χ3n) is 3.70. The first-order valence-electron chi connectivity index (χ1n) is 8.50. The second-order valence-electron chi connectivity index (χ2n) is 5.66. The number of nitrogens with zero attached hydrogens (tertiary/aromatic N) is 1. The van der Waals surface area contributed by atoms with Crippen LogP contribution < -0.4 is 9.47 Å². The molecule has 3 rings (SSSR count). The lowest BCUT2D eigenvalue weighted by Gasteiger charge is -2.13. The van der Waals surface area contributed by atoms with Crippen LogP contribution in [0.25, 0.3) is 6.08 Å². The molecule has 1 aliphatic rings. The quantitative estimate of drug-likeness (QED) is 0.271. The predicted octanol–water partition coefficient (Wildman–Crippen LogP) is 5.74. The van der Waals surface area contributed by atoms with Crippen LogP contribution in [0.5, 0.6) is 11.5 Å². The molecule has 0 amide bonds. The van der Waals surface area contributed by atoms with E-state index in [9.17, 15) is 4.79 Å². The predicted molar refractivity (Wildman–Crippen MR) is 119 cm³/mol. The highest BCUT2D eigenvalue weighted by Gasteiger charge is 2.26. The lowest BCUT2D eigenvalue weighted by atomic mass is 10.1. The van der Waals surface area contributed by atoms with Gasteiger partial charge in [-0.25, -0.2) is 9.79 Å². The zero-order valence-corrected chi connectivity index (χ0v) is 18.8. The summed E-state index contributed by atoms with van der Waals surface area (Å²) in [6, 6.07) is 8.82. The summed E-state index contributed by atoms with van der Waals surface area (Å²) in [5, 5.41) is 0.840. The van der Waals surface area contributed by atoms with E-state index in [4.69, 9.17) is 37.4 Å². The Kier molecular flexibility index (Phi) is 6.85. The molecule has 0 atom stereocenters. The number of carbonyl (C=O) groups excluding carboxylic acids is 1. The fraction of sp³-hybridized carbons (Fsp3) is 0.200. The van der Waals surface area contributed by atoms with Gasteiger partial charge in [-0.2, -0.15) is 0 Å². The van der Waals surface area contributed by atoms with Crippen LogP contribution in [0.15, 0.2) is 41.0 Å². The second-order valence-corrected chi connectivity index (χ2v) is 7.72. The zero-order valence-electron chi connectivity index (χ0n) is 15.1. The third kappa shape index (κ3) is 4.61. The fourth-order valence-electron chi connectivity index (χ4n) is 2.56. The summed E-state index contributed by atoms with van der Waals surface area (Å²) in [7, 11) is 0. The number of ether oxygens (including phenoxy) is 3. The van der Waals surface area contributed by atoms with Crippen LogP contribution in [0.3, 0.4) is 0 Å². The van der Waals surface area contributed by atoms with E-state index in [0.29, 0.717) is 45.9 Å². The topological polar surface area (TPSA) is 57.1 Å². The Labute approximate surface area is 186 Å². The number of aliphatic imine (C=N–C) groups is 1. The number of hydrogen-bond acceptors (Lipinski definition) is 5. The van der Waals surface area contributed by atoms with Crippen molar-refractivity contribution in [3.63, 3.8) is 0 Å². The average molecular weight is 532 g/mol. The SMILES string of the molecule is CCOc1cc(/C=C2\N=C(c3cc(I)ccc3Cl)OC2=O)cc(Cl)c1OCC. The smallest absolute Gasteiger partial charge is 0.363 e. The Hall–Kier alpha value is -1.77. The van der Waals surface area contributed by atoms with Crippen molar-refractivity contribution in [3.05, 3.63) is 60.8 Å². The highest BCUT2D eigenvalue weighted by atomic mass is 127. The van der Waals surface area contributed by atoms with Gasteiger partial charge in [-0.1, -0.05) is 23.2 Å². The van der Waals surface area contributed by atoms with Crippen LogP contribution in [0.1, 0.15) is 25.0 Å². The summed E-state index contributed by atoms with van der Waals surface area (Å²) in [5.74, 6) is 0.576. The molecule has 0 saturated carbocycles. The minimum absolute atomic E-state index is 0.146. The molecule has 0 spiro atoms. The van der Waals surface area contributed by atoms with E-state index in [0.717, 1.165) is 3.57 Å². The lowest BCUT2D eigenvalue weighted by Crippen LogP contribution is -2.06.